The zero-order valence-electron chi connectivity index (χ0n) is 14.0. The summed E-state index contributed by atoms with van der Waals surface area (Å²) in [5.74, 6) is -0.644. The van der Waals surface area contributed by atoms with Gasteiger partial charge in [-0.1, -0.05) is 5.21 Å². The van der Waals surface area contributed by atoms with Crippen molar-refractivity contribution in [3.63, 3.8) is 0 Å². The Morgan fingerprint density at radius 1 is 1.36 bits per heavy atom. The van der Waals surface area contributed by atoms with Gasteiger partial charge in [-0.15, -0.1) is 5.10 Å². The standard InChI is InChI=1S/C15H19N7O3/c1-10(2)22-6-12(19-20-22)14(24)21-8-15(25,9-21)7-16-13(23)11-3-4-17-18-5-11/h3-6,10,25H,7-9H2,1-2H3,(H,16,23). The Morgan fingerprint density at radius 3 is 2.72 bits per heavy atom. The first kappa shape index (κ1) is 17.0. The summed E-state index contributed by atoms with van der Waals surface area (Å²) in [6.45, 7) is 4.15. The van der Waals surface area contributed by atoms with Crippen molar-refractivity contribution in [1.29, 1.82) is 0 Å². The zero-order chi connectivity index (χ0) is 18.0. The molecule has 25 heavy (non-hydrogen) atoms. The number of aliphatic hydroxyl groups is 1. The molecular formula is C15H19N7O3. The van der Waals surface area contributed by atoms with Crippen LogP contribution in [0.1, 0.15) is 40.7 Å². The van der Waals surface area contributed by atoms with E-state index in [9.17, 15) is 14.7 Å². The van der Waals surface area contributed by atoms with Gasteiger partial charge in [0.25, 0.3) is 11.8 Å². The highest BCUT2D eigenvalue weighted by Gasteiger charge is 2.44. The van der Waals surface area contributed by atoms with Gasteiger partial charge in [0.15, 0.2) is 5.69 Å². The lowest BCUT2D eigenvalue weighted by atomic mass is 9.93. The molecule has 0 spiro atoms. The Bertz CT molecular complexity index is 768. The van der Waals surface area contributed by atoms with Crippen LogP contribution in [0.2, 0.25) is 0 Å². The van der Waals surface area contributed by atoms with E-state index in [1.54, 1.807) is 10.9 Å². The summed E-state index contributed by atoms with van der Waals surface area (Å²) in [5, 5.41) is 28.0. The van der Waals surface area contributed by atoms with Crippen LogP contribution in [0.15, 0.2) is 24.7 Å². The molecule has 1 fully saturated rings. The summed E-state index contributed by atoms with van der Waals surface area (Å²) < 4.78 is 1.60. The number of aromatic nitrogens is 5. The molecule has 2 N–H and O–H groups in total. The number of amides is 2. The van der Waals surface area contributed by atoms with Crippen LogP contribution in [0.3, 0.4) is 0 Å². The first-order valence-electron chi connectivity index (χ1n) is 7.86. The van der Waals surface area contributed by atoms with Crippen molar-refractivity contribution < 1.29 is 14.7 Å². The SMILES string of the molecule is CC(C)n1cc(C(=O)N2CC(O)(CNC(=O)c3ccnnc3)C2)nn1. The van der Waals surface area contributed by atoms with Crippen molar-refractivity contribution in [2.24, 2.45) is 0 Å². The Kier molecular flexibility index (Phi) is 4.45. The number of carbonyl (C=O) groups excluding carboxylic acids is 2. The number of β-amino-alcohol motifs (C(OH)–C–C–N with tert-alkyl or cyclic N) is 1. The highest BCUT2D eigenvalue weighted by molar-refractivity contribution is 5.94. The van der Waals surface area contributed by atoms with Crippen molar-refractivity contribution in [3.05, 3.63) is 35.9 Å². The molecule has 0 saturated carbocycles. The quantitative estimate of drug-likeness (QED) is 0.731. The molecule has 2 aromatic heterocycles. The minimum Gasteiger partial charge on any atom is -0.384 e. The molecular weight excluding hydrogens is 326 g/mol. The van der Waals surface area contributed by atoms with Crippen molar-refractivity contribution in [2.45, 2.75) is 25.5 Å². The van der Waals surface area contributed by atoms with Gasteiger partial charge in [-0.25, -0.2) is 4.68 Å². The predicted octanol–water partition coefficient (Wildman–Crippen LogP) is -0.734. The molecule has 0 radical (unpaired) electrons. The van der Waals surface area contributed by atoms with Gasteiger partial charge in [0.2, 0.25) is 0 Å². The van der Waals surface area contributed by atoms with E-state index in [1.165, 1.54) is 23.4 Å². The van der Waals surface area contributed by atoms with E-state index in [4.69, 9.17) is 0 Å². The molecule has 0 aliphatic carbocycles. The normalized spacial score (nSPS) is 15.8. The van der Waals surface area contributed by atoms with Crippen LogP contribution in [0, 0.1) is 0 Å². The highest BCUT2D eigenvalue weighted by atomic mass is 16.3. The molecule has 10 nitrogen and oxygen atoms in total. The van der Waals surface area contributed by atoms with E-state index >= 15 is 0 Å². The second-order valence-electron chi connectivity index (χ2n) is 6.38. The average molecular weight is 345 g/mol. The average Bonchev–Trinajstić information content (AvgIpc) is 3.08. The number of hydrogen-bond acceptors (Lipinski definition) is 7. The summed E-state index contributed by atoms with van der Waals surface area (Å²) in [6, 6.07) is 1.64. The molecule has 1 aliphatic rings. The van der Waals surface area contributed by atoms with E-state index in [0.717, 1.165) is 0 Å². The molecule has 2 amide bonds. The maximum atomic E-state index is 12.3. The van der Waals surface area contributed by atoms with Crippen LogP contribution in [0.25, 0.3) is 0 Å². The molecule has 0 bridgehead atoms. The van der Waals surface area contributed by atoms with E-state index in [1.807, 2.05) is 13.8 Å². The van der Waals surface area contributed by atoms with Gasteiger partial charge < -0.3 is 15.3 Å². The Morgan fingerprint density at radius 2 is 2.12 bits per heavy atom. The largest absolute Gasteiger partial charge is 0.384 e. The second kappa shape index (κ2) is 6.55. The lowest BCUT2D eigenvalue weighted by molar-refractivity contribution is -0.0774. The molecule has 3 rings (SSSR count). The van der Waals surface area contributed by atoms with Crippen molar-refractivity contribution in [3.8, 4) is 0 Å². The van der Waals surface area contributed by atoms with Gasteiger partial charge in [-0.3, -0.25) is 9.59 Å². The van der Waals surface area contributed by atoms with Crippen LogP contribution in [-0.4, -0.2) is 72.2 Å². The van der Waals surface area contributed by atoms with E-state index in [0.29, 0.717) is 5.56 Å². The summed E-state index contributed by atoms with van der Waals surface area (Å²) >= 11 is 0. The van der Waals surface area contributed by atoms with E-state index < -0.39 is 5.60 Å². The maximum absolute atomic E-state index is 12.3. The minimum atomic E-state index is -1.15. The van der Waals surface area contributed by atoms with Crippen LogP contribution in [-0.2, 0) is 0 Å². The number of nitrogens with one attached hydrogen (secondary N) is 1. The molecule has 3 heterocycles. The highest BCUT2D eigenvalue weighted by Crippen LogP contribution is 2.22. The lowest BCUT2D eigenvalue weighted by Gasteiger charge is -2.46. The molecule has 1 aliphatic heterocycles. The van der Waals surface area contributed by atoms with Crippen LogP contribution >= 0.6 is 0 Å². The number of nitrogens with zero attached hydrogens (tertiary/aromatic N) is 6. The molecule has 2 aromatic rings. The monoisotopic (exact) mass is 345 g/mol. The van der Waals surface area contributed by atoms with Crippen LogP contribution < -0.4 is 5.32 Å². The van der Waals surface area contributed by atoms with Gasteiger partial charge >= 0.3 is 0 Å². The van der Waals surface area contributed by atoms with Crippen molar-refractivity contribution >= 4 is 11.8 Å². The fraction of sp³-hybridized carbons (Fsp3) is 0.467. The van der Waals surface area contributed by atoms with Crippen LogP contribution in [0.4, 0.5) is 0 Å². The third-order valence-electron chi connectivity index (χ3n) is 3.94. The number of likely N-dealkylation sites (tertiary alicyclic amines) is 1. The zero-order valence-corrected chi connectivity index (χ0v) is 14.0. The van der Waals surface area contributed by atoms with Gasteiger partial charge in [-0.2, -0.15) is 10.2 Å². The summed E-state index contributed by atoms with van der Waals surface area (Å²) in [7, 11) is 0. The number of hydrogen-bond donors (Lipinski definition) is 2. The van der Waals surface area contributed by atoms with E-state index in [-0.39, 0.29) is 43.2 Å². The molecule has 0 unspecified atom stereocenters. The fourth-order valence-electron chi connectivity index (χ4n) is 2.48. The smallest absolute Gasteiger partial charge is 0.276 e. The number of rotatable bonds is 5. The summed E-state index contributed by atoms with van der Waals surface area (Å²) in [6.07, 6.45) is 4.34. The molecule has 0 aromatic carbocycles. The molecule has 132 valence electrons. The van der Waals surface area contributed by atoms with Gasteiger partial charge in [-0.05, 0) is 19.9 Å². The lowest BCUT2D eigenvalue weighted by Crippen LogP contribution is -2.67. The Hall–Kier alpha value is -2.88. The third-order valence-corrected chi connectivity index (χ3v) is 3.94. The molecule has 10 heteroatoms. The van der Waals surface area contributed by atoms with Crippen LogP contribution in [0.5, 0.6) is 0 Å². The molecule has 0 atom stereocenters. The Labute approximate surface area is 143 Å². The van der Waals surface area contributed by atoms with Gasteiger partial charge in [0, 0.05) is 6.04 Å². The first-order valence-corrected chi connectivity index (χ1v) is 7.86. The second-order valence-corrected chi connectivity index (χ2v) is 6.38. The van der Waals surface area contributed by atoms with Gasteiger partial charge in [0.1, 0.15) is 5.60 Å². The minimum absolute atomic E-state index is 0.0383. The summed E-state index contributed by atoms with van der Waals surface area (Å²) in [5.41, 5.74) is -0.557. The summed E-state index contributed by atoms with van der Waals surface area (Å²) in [4.78, 5) is 25.7. The van der Waals surface area contributed by atoms with Crippen molar-refractivity contribution in [1.82, 2.24) is 35.4 Å². The number of carbonyl (C=O) groups is 2. The van der Waals surface area contributed by atoms with Gasteiger partial charge in [0.05, 0.1) is 43.8 Å². The fourth-order valence-corrected chi connectivity index (χ4v) is 2.48. The van der Waals surface area contributed by atoms with E-state index in [2.05, 4.69) is 25.8 Å². The van der Waals surface area contributed by atoms with Crippen molar-refractivity contribution in [2.75, 3.05) is 19.6 Å². The first-order chi connectivity index (χ1) is 11.9. The Balaban J connectivity index is 1.52. The maximum Gasteiger partial charge on any atom is 0.276 e. The predicted molar refractivity (Wildman–Crippen MR) is 85.6 cm³/mol. The third kappa shape index (κ3) is 3.63. The topological polar surface area (TPSA) is 126 Å². The molecule has 1 saturated heterocycles.